The van der Waals surface area contributed by atoms with Crippen LogP contribution in [-0.2, 0) is 16.2 Å². The molecule has 4 rings (SSSR count). The molecule has 0 saturated carbocycles. The Balaban J connectivity index is 1.39. The number of carbonyl (C=O) groups is 2. The first-order valence-corrected chi connectivity index (χ1v) is 9.78. The second kappa shape index (κ2) is 9.17. The minimum atomic E-state index is -0.570. The van der Waals surface area contributed by atoms with Crippen molar-refractivity contribution >= 4 is 28.9 Å². The largest absolute Gasteiger partial charge is 0.489 e. The van der Waals surface area contributed by atoms with Crippen molar-refractivity contribution < 1.29 is 24.0 Å². The summed E-state index contributed by atoms with van der Waals surface area (Å²) >= 11 is 0. The zero-order valence-corrected chi connectivity index (χ0v) is 16.9. The average molecular weight is 433 g/mol. The molecule has 0 atom stereocenters. The number of hydrogen-bond donors (Lipinski definition) is 1. The molecule has 162 valence electrons. The maximum atomic E-state index is 12.5. The Morgan fingerprint density at radius 3 is 2.56 bits per heavy atom. The van der Waals surface area contributed by atoms with Crippen molar-refractivity contribution in [2.45, 2.75) is 6.61 Å². The fourth-order valence-corrected chi connectivity index (χ4v) is 3.20. The predicted molar refractivity (Wildman–Crippen MR) is 117 cm³/mol. The smallest absolute Gasteiger partial charge is 0.271 e. The molecule has 0 aromatic heterocycles. The maximum Gasteiger partial charge on any atom is 0.271 e. The van der Waals surface area contributed by atoms with Gasteiger partial charge in [0.05, 0.1) is 10.6 Å². The zero-order chi connectivity index (χ0) is 22.5. The number of rotatable bonds is 7. The molecule has 32 heavy (non-hydrogen) atoms. The highest BCUT2D eigenvalue weighted by Crippen LogP contribution is 2.35. The number of hydrogen-bond acceptors (Lipinski definition) is 6. The summed E-state index contributed by atoms with van der Waals surface area (Å²) in [7, 11) is 0. The van der Waals surface area contributed by atoms with E-state index in [9.17, 15) is 19.7 Å². The van der Waals surface area contributed by atoms with Crippen LogP contribution < -0.4 is 19.7 Å². The van der Waals surface area contributed by atoms with E-state index < -0.39 is 16.7 Å². The first-order chi connectivity index (χ1) is 15.5. The number of carbonyl (C=O) groups excluding carboxylic acids is 2. The van der Waals surface area contributed by atoms with E-state index in [1.54, 1.807) is 24.3 Å². The molecule has 0 unspecified atom stereocenters. The summed E-state index contributed by atoms with van der Waals surface area (Å²) in [6.07, 6.45) is 0. The van der Waals surface area contributed by atoms with E-state index in [1.165, 1.54) is 23.1 Å². The molecular formula is C23H19N3O6. The van der Waals surface area contributed by atoms with Crippen molar-refractivity contribution in [3.8, 4) is 11.5 Å². The highest BCUT2D eigenvalue weighted by atomic mass is 16.6. The molecule has 3 aromatic rings. The summed E-state index contributed by atoms with van der Waals surface area (Å²) in [5.74, 6) is 0.0489. The number of amides is 2. The molecular weight excluding hydrogens is 414 g/mol. The van der Waals surface area contributed by atoms with Gasteiger partial charge in [0, 0.05) is 17.8 Å². The van der Waals surface area contributed by atoms with Crippen LogP contribution in [0.15, 0.2) is 72.8 Å². The van der Waals surface area contributed by atoms with Crippen molar-refractivity contribution in [3.63, 3.8) is 0 Å². The van der Waals surface area contributed by atoms with Crippen LogP contribution in [0.3, 0.4) is 0 Å². The van der Waals surface area contributed by atoms with Gasteiger partial charge >= 0.3 is 0 Å². The monoisotopic (exact) mass is 433 g/mol. The summed E-state index contributed by atoms with van der Waals surface area (Å²) < 4.78 is 11.0. The quantitative estimate of drug-likeness (QED) is 0.451. The molecule has 9 heteroatoms. The normalized spacial score (nSPS) is 12.5. The van der Waals surface area contributed by atoms with Crippen molar-refractivity contribution in [1.82, 2.24) is 0 Å². The molecule has 0 spiro atoms. The van der Waals surface area contributed by atoms with Gasteiger partial charge in [0.25, 0.3) is 11.6 Å². The van der Waals surface area contributed by atoms with Crippen LogP contribution in [0.5, 0.6) is 11.5 Å². The van der Waals surface area contributed by atoms with Gasteiger partial charge in [-0.05, 0) is 35.9 Å². The highest BCUT2D eigenvalue weighted by molar-refractivity contribution is 6.05. The van der Waals surface area contributed by atoms with Crippen LogP contribution in [0.25, 0.3) is 0 Å². The Hall–Kier alpha value is -4.40. The van der Waals surface area contributed by atoms with E-state index in [1.807, 2.05) is 30.3 Å². The Kier molecular flexibility index (Phi) is 5.98. The van der Waals surface area contributed by atoms with Gasteiger partial charge in [-0.2, -0.15) is 0 Å². The lowest BCUT2D eigenvalue weighted by atomic mass is 10.2. The van der Waals surface area contributed by atoms with E-state index in [4.69, 9.17) is 9.47 Å². The Morgan fingerprint density at radius 2 is 1.84 bits per heavy atom. The first kappa shape index (κ1) is 20.9. The van der Waals surface area contributed by atoms with Crippen LogP contribution in [-0.4, -0.2) is 29.9 Å². The van der Waals surface area contributed by atoms with Gasteiger partial charge in [0.2, 0.25) is 5.91 Å². The number of benzene rings is 3. The predicted octanol–water partition coefficient (Wildman–Crippen LogP) is 3.54. The van der Waals surface area contributed by atoms with Gasteiger partial charge in [-0.1, -0.05) is 30.3 Å². The molecule has 3 aromatic carbocycles. The molecule has 0 saturated heterocycles. The molecule has 0 aliphatic carbocycles. The first-order valence-electron chi connectivity index (χ1n) is 9.78. The van der Waals surface area contributed by atoms with E-state index >= 15 is 0 Å². The highest BCUT2D eigenvalue weighted by Gasteiger charge is 2.29. The number of anilines is 2. The van der Waals surface area contributed by atoms with Crippen molar-refractivity contribution in [2.75, 3.05) is 23.4 Å². The third-order valence-corrected chi connectivity index (χ3v) is 4.78. The SMILES string of the molecule is O=C(CN1C(=O)COc2ccc([N+](=O)[O-])cc21)Nc1ccc(OCc2ccccc2)cc1. The summed E-state index contributed by atoms with van der Waals surface area (Å²) in [6, 6.07) is 20.5. The Bertz CT molecular complexity index is 1150. The van der Waals surface area contributed by atoms with E-state index in [0.29, 0.717) is 23.8 Å². The van der Waals surface area contributed by atoms with E-state index in [2.05, 4.69) is 5.32 Å². The van der Waals surface area contributed by atoms with Crippen LogP contribution in [0, 0.1) is 10.1 Å². The second-order valence-corrected chi connectivity index (χ2v) is 7.02. The lowest BCUT2D eigenvalue weighted by Gasteiger charge is -2.28. The van der Waals surface area contributed by atoms with Crippen LogP contribution in [0.2, 0.25) is 0 Å². The maximum absolute atomic E-state index is 12.5. The molecule has 1 aliphatic rings. The third kappa shape index (κ3) is 4.84. The number of non-ortho nitro benzene ring substituents is 1. The van der Waals surface area contributed by atoms with Crippen molar-refractivity contribution in [1.29, 1.82) is 0 Å². The van der Waals surface area contributed by atoms with Gasteiger partial charge in [-0.15, -0.1) is 0 Å². The molecule has 1 aliphatic heterocycles. The summed E-state index contributed by atoms with van der Waals surface area (Å²) in [6.45, 7) is -0.120. The summed E-state index contributed by atoms with van der Waals surface area (Å²) in [5, 5.41) is 13.8. The number of fused-ring (bicyclic) bond motifs is 1. The molecule has 9 nitrogen and oxygen atoms in total. The topological polar surface area (TPSA) is 111 Å². The second-order valence-electron chi connectivity index (χ2n) is 7.02. The van der Waals surface area contributed by atoms with Gasteiger partial charge in [-0.3, -0.25) is 24.6 Å². The van der Waals surface area contributed by atoms with Crippen LogP contribution >= 0.6 is 0 Å². The summed E-state index contributed by atoms with van der Waals surface area (Å²) in [4.78, 5) is 36.5. The zero-order valence-electron chi connectivity index (χ0n) is 16.9. The molecule has 0 bridgehead atoms. The van der Waals surface area contributed by atoms with Crippen LogP contribution in [0.1, 0.15) is 5.56 Å². The number of nitro benzene ring substituents is 1. The van der Waals surface area contributed by atoms with Crippen molar-refractivity contribution in [2.24, 2.45) is 0 Å². The van der Waals surface area contributed by atoms with Gasteiger partial charge in [0.1, 0.15) is 24.7 Å². The average Bonchev–Trinajstić information content (AvgIpc) is 2.81. The lowest BCUT2D eigenvalue weighted by Crippen LogP contribution is -2.43. The van der Waals surface area contributed by atoms with Crippen molar-refractivity contribution in [3.05, 3.63) is 88.5 Å². The van der Waals surface area contributed by atoms with Crippen LogP contribution in [0.4, 0.5) is 17.1 Å². The lowest BCUT2D eigenvalue weighted by molar-refractivity contribution is -0.384. The molecule has 0 fully saturated rings. The van der Waals surface area contributed by atoms with E-state index in [0.717, 1.165) is 5.56 Å². The fraction of sp³-hybridized carbons (Fsp3) is 0.130. The van der Waals surface area contributed by atoms with Gasteiger partial charge < -0.3 is 14.8 Å². The standard InChI is InChI=1S/C23H19N3O6/c27-22(13-25-20-12-18(26(29)30)8-11-21(20)32-15-23(25)28)24-17-6-9-19(10-7-17)31-14-16-4-2-1-3-5-16/h1-12H,13-15H2,(H,24,27). The minimum Gasteiger partial charge on any atom is -0.489 e. The minimum absolute atomic E-state index is 0.190. The fourth-order valence-electron chi connectivity index (χ4n) is 3.20. The number of nitro groups is 1. The number of nitrogens with zero attached hydrogens (tertiary/aromatic N) is 2. The molecule has 2 amide bonds. The molecule has 0 radical (unpaired) electrons. The van der Waals surface area contributed by atoms with Gasteiger partial charge in [-0.25, -0.2) is 0 Å². The van der Waals surface area contributed by atoms with E-state index in [-0.39, 0.29) is 24.5 Å². The summed E-state index contributed by atoms with van der Waals surface area (Å²) in [5.41, 5.74) is 1.57. The molecule has 1 N–H and O–H groups in total. The molecule has 1 heterocycles. The number of ether oxygens (including phenoxy) is 2. The third-order valence-electron chi connectivity index (χ3n) is 4.78. The Labute approximate surface area is 183 Å². The Morgan fingerprint density at radius 1 is 1.09 bits per heavy atom. The van der Waals surface area contributed by atoms with Gasteiger partial charge in [0.15, 0.2) is 6.61 Å². The number of nitrogens with one attached hydrogen (secondary N) is 1.